The standard InChI is InChI=1S/C14H14BrFN2O2S/c1-9-6-11(16)3-5-13(9)18-21(19,20)14-7-10(8-17)2-4-12(14)15/h2-7,18H,8,17H2,1H3. The van der Waals surface area contributed by atoms with E-state index >= 15 is 0 Å². The zero-order chi connectivity index (χ0) is 15.6. The second-order valence-corrected chi connectivity index (χ2v) is 7.04. The van der Waals surface area contributed by atoms with Gasteiger partial charge in [-0.15, -0.1) is 0 Å². The van der Waals surface area contributed by atoms with Gasteiger partial charge in [-0.05, 0) is 64.3 Å². The molecule has 0 aliphatic rings. The number of sulfonamides is 1. The number of hydrogen-bond acceptors (Lipinski definition) is 3. The van der Waals surface area contributed by atoms with E-state index in [-0.39, 0.29) is 11.4 Å². The molecule has 0 saturated heterocycles. The Hall–Kier alpha value is -1.44. The Morgan fingerprint density at radius 2 is 1.95 bits per heavy atom. The molecule has 0 spiro atoms. The van der Waals surface area contributed by atoms with E-state index in [4.69, 9.17) is 5.73 Å². The Morgan fingerprint density at radius 1 is 1.24 bits per heavy atom. The Morgan fingerprint density at radius 3 is 2.57 bits per heavy atom. The number of halogens is 2. The van der Waals surface area contributed by atoms with Crippen LogP contribution in [0.5, 0.6) is 0 Å². The van der Waals surface area contributed by atoms with E-state index in [1.807, 2.05) is 0 Å². The highest BCUT2D eigenvalue weighted by molar-refractivity contribution is 9.10. The van der Waals surface area contributed by atoms with Crippen molar-refractivity contribution in [3.8, 4) is 0 Å². The second-order valence-electron chi connectivity index (χ2n) is 4.53. The van der Waals surface area contributed by atoms with Gasteiger partial charge < -0.3 is 5.73 Å². The van der Waals surface area contributed by atoms with Gasteiger partial charge in [0.05, 0.1) is 5.69 Å². The maximum Gasteiger partial charge on any atom is 0.263 e. The van der Waals surface area contributed by atoms with E-state index in [9.17, 15) is 12.8 Å². The number of nitrogens with two attached hydrogens (primary N) is 1. The lowest BCUT2D eigenvalue weighted by Gasteiger charge is -2.12. The fourth-order valence-electron chi connectivity index (χ4n) is 1.82. The molecule has 0 radical (unpaired) electrons. The summed E-state index contributed by atoms with van der Waals surface area (Å²) in [6, 6.07) is 8.74. The fraction of sp³-hybridized carbons (Fsp3) is 0.143. The first-order valence-electron chi connectivity index (χ1n) is 6.11. The van der Waals surface area contributed by atoms with Crippen LogP contribution in [0.25, 0.3) is 0 Å². The minimum atomic E-state index is -3.79. The predicted molar refractivity (Wildman–Crippen MR) is 84.0 cm³/mol. The van der Waals surface area contributed by atoms with Gasteiger partial charge in [0, 0.05) is 11.0 Å². The Bertz CT molecular complexity index is 779. The summed E-state index contributed by atoms with van der Waals surface area (Å²) in [5.41, 5.74) is 7.08. The molecule has 0 saturated carbocycles. The third kappa shape index (κ3) is 3.61. The van der Waals surface area contributed by atoms with Gasteiger partial charge in [-0.2, -0.15) is 0 Å². The summed E-state index contributed by atoms with van der Waals surface area (Å²) in [6.07, 6.45) is 0. The van der Waals surface area contributed by atoms with Crippen LogP contribution in [0.15, 0.2) is 45.8 Å². The first-order chi connectivity index (χ1) is 9.83. The Balaban J connectivity index is 2.43. The zero-order valence-electron chi connectivity index (χ0n) is 11.2. The summed E-state index contributed by atoms with van der Waals surface area (Å²) >= 11 is 3.22. The van der Waals surface area contributed by atoms with Crippen molar-refractivity contribution in [3.63, 3.8) is 0 Å². The van der Waals surface area contributed by atoms with Crippen LogP contribution in [0.2, 0.25) is 0 Å². The van der Waals surface area contributed by atoms with Crippen LogP contribution in [-0.4, -0.2) is 8.42 Å². The highest BCUT2D eigenvalue weighted by Crippen LogP contribution is 2.26. The number of anilines is 1. The summed E-state index contributed by atoms with van der Waals surface area (Å²) < 4.78 is 40.9. The predicted octanol–water partition coefficient (Wildman–Crippen LogP) is 3.16. The minimum absolute atomic E-state index is 0.0918. The molecule has 0 fully saturated rings. The zero-order valence-corrected chi connectivity index (χ0v) is 13.6. The van der Waals surface area contributed by atoms with E-state index in [0.717, 1.165) is 0 Å². The van der Waals surface area contributed by atoms with Crippen LogP contribution in [0.3, 0.4) is 0 Å². The molecule has 112 valence electrons. The van der Waals surface area contributed by atoms with Gasteiger partial charge in [-0.3, -0.25) is 4.72 Å². The van der Waals surface area contributed by atoms with Gasteiger partial charge in [0.2, 0.25) is 0 Å². The average molecular weight is 373 g/mol. The molecule has 0 bridgehead atoms. The van der Waals surface area contributed by atoms with Gasteiger partial charge >= 0.3 is 0 Å². The highest BCUT2D eigenvalue weighted by Gasteiger charge is 2.19. The molecule has 0 amide bonds. The molecule has 0 atom stereocenters. The van der Waals surface area contributed by atoms with Crippen LogP contribution in [0.1, 0.15) is 11.1 Å². The van der Waals surface area contributed by atoms with Crippen LogP contribution in [-0.2, 0) is 16.6 Å². The monoisotopic (exact) mass is 372 g/mol. The lowest BCUT2D eigenvalue weighted by atomic mass is 10.2. The largest absolute Gasteiger partial charge is 0.326 e. The topological polar surface area (TPSA) is 72.2 Å². The van der Waals surface area contributed by atoms with Gasteiger partial charge in [-0.25, -0.2) is 12.8 Å². The highest BCUT2D eigenvalue weighted by atomic mass is 79.9. The van der Waals surface area contributed by atoms with Gasteiger partial charge in [-0.1, -0.05) is 6.07 Å². The van der Waals surface area contributed by atoms with Crippen molar-refractivity contribution in [2.24, 2.45) is 5.73 Å². The molecule has 0 aliphatic heterocycles. The molecular weight excluding hydrogens is 359 g/mol. The Labute approximate surface area is 131 Å². The molecular formula is C14H14BrFN2O2S. The summed E-state index contributed by atoms with van der Waals surface area (Å²) in [5, 5.41) is 0. The maximum atomic E-state index is 13.1. The summed E-state index contributed by atoms with van der Waals surface area (Å²) in [7, 11) is -3.79. The average Bonchev–Trinajstić information content (AvgIpc) is 2.42. The fourth-order valence-corrected chi connectivity index (χ4v) is 3.97. The van der Waals surface area contributed by atoms with E-state index in [0.29, 0.717) is 21.3 Å². The van der Waals surface area contributed by atoms with Crippen LogP contribution in [0.4, 0.5) is 10.1 Å². The quantitative estimate of drug-likeness (QED) is 0.865. The SMILES string of the molecule is Cc1cc(F)ccc1NS(=O)(=O)c1cc(CN)ccc1Br. The molecule has 0 unspecified atom stereocenters. The smallest absolute Gasteiger partial charge is 0.263 e. The number of nitrogens with one attached hydrogen (secondary N) is 1. The van der Waals surface area contributed by atoms with E-state index in [1.54, 1.807) is 19.1 Å². The van der Waals surface area contributed by atoms with Crippen molar-refractivity contribution >= 4 is 31.6 Å². The Kier molecular flexibility index (Phi) is 4.65. The molecule has 0 aliphatic carbocycles. The van der Waals surface area contributed by atoms with Gasteiger partial charge in [0.15, 0.2) is 0 Å². The van der Waals surface area contributed by atoms with Crippen molar-refractivity contribution in [3.05, 3.63) is 57.8 Å². The van der Waals surface area contributed by atoms with Crippen molar-refractivity contribution in [2.75, 3.05) is 4.72 Å². The molecule has 4 nitrogen and oxygen atoms in total. The van der Waals surface area contributed by atoms with Crippen molar-refractivity contribution in [2.45, 2.75) is 18.4 Å². The summed E-state index contributed by atoms with van der Waals surface area (Å²) in [4.78, 5) is 0.0918. The van der Waals surface area contributed by atoms with E-state index < -0.39 is 15.8 Å². The molecule has 0 heterocycles. The van der Waals surface area contributed by atoms with Crippen molar-refractivity contribution < 1.29 is 12.8 Å². The molecule has 0 aromatic heterocycles. The van der Waals surface area contributed by atoms with E-state index in [1.165, 1.54) is 24.3 Å². The molecule has 3 N–H and O–H groups in total. The molecule has 21 heavy (non-hydrogen) atoms. The molecule has 2 aromatic carbocycles. The third-order valence-corrected chi connectivity index (χ3v) is 5.31. The van der Waals surface area contributed by atoms with Crippen LogP contribution >= 0.6 is 15.9 Å². The van der Waals surface area contributed by atoms with Crippen LogP contribution < -0.4 is 10.5 Å². The van der Waals surface area contributed by atoms with Crippen molar-refractivity contribution in [1.82, 2.24) is 0 Å². The van der Waals surface area contributed by atoms with Gasteiger partial charge in [0.25, 0.3) is 10.0 Å². The summed E-state index contributed by atoms with van der Waals surface area (Å²) in [5.74, 6) is -0.415. The number of benzene rings is 2. The van der Waals surface area contributed by atoms with Crippen molar-refractivity contribution in [1.29, 1.82) is 0 Å². The molecule has 2 aromatic rings. The first kappa shape index (κ1) is 15.9. The lowest BCUT2D eigenvalue weighted by molar-refractivity contribution is 0.600. The van der Waals surface area contributed by atoms with E-state index in [2.05, 4.69) is 20.7 Å². The second kappa shape index (κ2) is 6.13. The summed E-state index contributed by atoms with van der Waals surface area (Å²) in [6.45, 7) is 1.87. The normalized spacial score (nSPS) is 11.4. The first-order valence-corrected chi connectivity index (χ1v) is 8.38. The number of hydrogen-bond donors (Lipinski definition) is 2. The molecule has 2 rings (SSSR count). The third-order valence-electron chi connectivity index (χ3n) is 2.95. The molecule has 7 heteroatoms. The number of rotatable bonds is 4. The number of aryl methyl sites for hydroxylation is 1. The van der Waals surface area contributed by atoms with Crippen LogP contribution in [0, 0.1) is 12.7 Å². The minimum Gasteiger partial charge on any atom is -0.326 e. The maximum absolute atomic E-state index is 13.1. The van der Waals surface area contributed by atoms with Gasteiger partial charge in [0.1, 0.15) is 10.7 Å². The lowest BCUT2D eigenvalue weighted by Crippen LogP contribution is -2.15.